The third kappa shape index (κ3) is 3.47. The summed E-state index contributed by atoms with van der Waals surface area (Å²) in [6, 6.07) is 7.51. The number of benzene rings is 1. The maximum absolute atomic E-state index is 11.7. The zero-order valence-corrected chi connectivity index (χ0v) is 10.7. The van der Waals surface area contributed by atoms with Gasteiger partial charge in [-0.25, -0.2) is 0 Å². The van der Waals surface area contributed by atoms with E-state index in [1.54, 1.807) is 26.0 Å². The van der Waals surface area contributed by atoms with Crippen LogP contribution < -0.4 is 10.1 Å². The van der Waals surface area contributed by atoms with E-state index in [2.05, 4.69) is 5.32 Å². The molecule has 1 unspecified atom stereocenters. The monoisotopic (exact) mass is 249 g/mol. The average Bonchev–Trinajstić information content (AvgIpc) is 3.13. The number of nitrogens with one attached hydrogen (secondary N) is 1. The fourth-order valence-corrected chi connectivity index (χ4v) is 1.65. The van der Waals surface area contributed by atoms with Gasteiger partial charge < -0.3 is 15.2 Å². The zero-order valence-electron chi connectivity index (χ0n) is 10.7. The summed E-state index contributed by atoms with van der Waals surface area (Å²) in [6.07, 6.45) is 1.07. The van der Waals surface area contributed by atoms with Crippen LogP contribution in [0.15, 0.2) is 24.3 Å². The minimum absolute atomic E-state index is 0.0834. The van der Waals surface area contributed by atoms with Crippen LogP contribution in [0.1, 0.15) is 38.4 Å². The molecule has 1 fully saturated rings. The van der Waals surface area contributed by atoms with E-state index in [-0.39, 0.29) is 5.91 Å². The van der Waals surface area contributed by atoms with Crippen molar-refractivity contribution >= 4 is 5.91 Å². The SMILES string of the molecule is CC(Oc1cccc([C@@H](C)O)c1)C(=O)NC1CC1. The van der Waals surface area contributed by atoms with Crippen LogP contribution in [0, 0.1) is 0 Å². The Bertz CT molecular complexity index is 427. The van der Waals surface area contributed by atoms with Gasteiger partial charge in [0.1, 0.15) is 5.75 Å². The number of aliphatic hydroxyl groups excluding tert-OH is 1. The van der Waals surface area contributed by atoms with Gasteiger partial charge in [-0.05, 0) is 44.4 Å². The molecule has 18 heavy (non-hydrogen) atoms. The van der Waals surface area contributed by atoms with Crippen LogP contribution in [0.5, 0.6) is 5.75 Å². The molecule has 2 rings (SSSR count). The predicted molar refractivity (Wildman–Crippen MR) is 68.3 cm³/mol. The number of rotatable bonds is 5. The summed E-state index contributed by atoms with van der Waals surface area (Å²) < 4.78 is 5.57. The van der Waals surface area contributed by atoms with Gasteiger partial charge in [0.15, 0.2) is 6.10 Å². The van der Waals surface area contributed by atoms with E-state index in [1.807, 2.05) is 12.1 Å². The number of hydrogen-bond acceptors (Lipinski definition) is 3. The molecular formula is C14H19NO3. The van der Waals surface area contributed by atoms with Gasteiger partial charge in [-0.1, -0.05) is 12.1 Å². The quantitative estimate of drug-likeness (QED) is 0.836. The number of carbonyl (C=O) groups excluding carboxylic acids is 1. The third-order valence-corrected chi connectivity index (χ3v) is 2.95. The molecular weight excluding hydrogens is 230 g/mol. The Hall–Kier alpha value is -1.55. The molecule has 4 heteroatoms. The molecule has 1 saturated carbocycles. The number of ether oxygens (including phenoxy) is 1. The molecule has 1 aromatic carbocycles. The Kier molecular flexibility index (Phi) is 3.87. The second kappa shape index (κ2) is 5.40. The summed E-state index contributed by atoms with van der Waals surface area (Å²) in [6.45, 7) is 3.43. The van der Waals surface area contributed by atoms with E-state index < -0.39 is 12.2 Å². The molecule has 98 valence electrons. The van der Waals surface area contributed by atoms with Crippen LogP contribution in [0.3, 0.4) is 0 Å². The van der Waals surface area contributed by atoms with E-state index >= 15 is 0 Å². The van der Waals surface area contributed by atoms with Crippen LogP contribution >= 0.6 is 0 Å². The van der Waals surface area contributed by atoms with E-state index in [0.717, 1.165) is 18.4 Å². The van der Waals surface area contributed by atoms with Crippen molar-refractivity contribution in [3.05, 3.63) is 29.8 Å². The molecule has 0 aliphatic heterocycles. The van der Waals surface area contributed by atoms with Gasteiger partial charge in [-0.2, -0.15) is 0 Å². The number of aliphatic hydroxyl groups is 1. The molecule has 0 heterocycles. The lowest BCUT2D eigenvalue weighted by molar-refractivity contribution is -0.127. The van der Waals surface area contributed by atoms with E-state index in [0.29, 0.717) is 11.8 Å². The maximum atomic E-state index is 11.7. The lowest BCUT2D eigenvalue weighted by Gasteiger charge is -2.15. The lowest BCUT2D eigenvalue weighted by atomic mass is 10.1. The van der Waals surface area contributed by atoms with Crippen molar-refractivity contribution in [2.75, 3.05) is 0 Å². The fourth-order valence-electron chi connectivity index (χ4n) is 1.65. The highest BCUT2D eigenvalue weighted by Gasteiger charge is 2.26. The largest absolute Gasteiger partial charge is 0.481 e. The first-order valence-corrected chi connectivity index (χ1v) is 6.31. The van der Waals surface area contributed by atoms with Gasteiger partial charge in [0, 0.05) is 6.04 Å². The zero-order chi connectivity index (χ0) is 13.1. The summed E-state index contributed by atoms with van der Waals surface area (Å²) in [4.78, 5) is 11.7. The smallest absolute Gasteiger partial charge is 0.260 e. The normalized spacial score (nSPS) is 17.9. The Morgan fingerprint density at radius 1 is 1.44 bits per heavy atom. The third-order valence-electron chi connectivity index (χ3n) is 2.95. The lowest BCUT2D eigenvalue weighted by Crippen LogP contribution is -2.37. The first-order valence-electron chi connectivity index (χ1n) is 6.31. The van der Waals surface area contributed by atoms with Crippen LogP contribution in [0.2, 0.25) is 0 Å². The van der Waals surface area contributed by atoms with Crippen molar-refractivity contribution in [1.29, 1.82) is 0 Å². The predicted octanol–water partition coefficient (Wildman–Crippen LogP) is 1.79. The van der Waals surface area contributed by atoms with Gasteiger partial charge >= 0.3 is 0 Å². The van der Waals surface area contributed by atoms with Crippen LogP contribution in [0.25, 0.3) is 0 Å². The molecule has 2 atom stereocenters. The van der Waals surface area contributed by atoms with Crippen LogP contribution in [0.4, 0.5) is 0 Å². The van der Waals surface area contributed by atoms with Crippen LogP contribution in [-0.4, -0.2) is 23.2 Å². The van der Waals surface area contributed by atoms with Crippen molar-refractivity contribution in [1.82, 2.24) is 5.32 Å². The van der Waals surface area contributed by atoms with E-state index in [4.69, 9.17) is 4.74 Å². The number of amides is 1. The minimum Gasteiger partial charge on any atom is -0.481 e. The van der Waals surface area contributed by atoms with Gasteiger partial charge in [0.05, 0.1) is 6.10 Å². The maximum Gasteiger partial charge on any atom is 0.260 e. The van der Waals surface area contributed by atoms with Crippen molar-refractivity contribution in [3.8, 4) is 5.75 Å². The summed E-state index contributed by atoms with van der Waals surface area (Å²) >= 11 is 0. The highest BCUT2D eigenvalue weighted by molar-refractivity contribution is 5.81. The topological polar surface area (TPSA) is 58.6 Å². The molecule has 0 radical (unpaired) electrons. The Labute approximate surface area is 107 Å². The molecule has 2 N–H and O–H groups in total. The minimum atomic E-state index is -0.538. The second-order valence-electron chi connectivity index (χ2n) is 4.79. The van der Waals surface area contributed by atoms with Crippen molar-refractivity contribution in [2.24, 2.45) is 0 Å². The summed E-state index contributed by atoms with van der Waals surface area (Å²) in [5.41, 5.74) is 0.780. The van der Waals surface area contributed by atoms with E-state index in [9.17, 15) is 9.90 Å². The molecule has 4 nitrogen and oxygen atoms in total. The van der Waals surface area contributed by atoms with E-state index in [1.165, 1.54) is 0 Å². The van der Waals surface area contributed by atoms with Crippen molar-refractivity contribution in [2.45, 2.75) is 44.9 Å². The Morgan fingerprint density at radius 3 is 2.78 bits per heavy atom. The van der Waals surface area contributed by atoms with Gasteiger partial charge in [-0.3, -0.25) is 4.79 Å². The molecule has 0 bridgehead atoms. The first-order chi connectivity index (χ1) is 8.56. The molecule has 1 amide bonds. The Balaban J connectivity index is 1.94. The molecule has 0 saturated heterocycles. The van der Waals surface area contributed by atoms with Gasteiger partial charge in [0.25, 0.3) is 5.91 Å². The fraction of sp³-hybridized carbons (Fsp3) is 0.500. The summed E-state index contributed by atoms with van der Waals surface area (Å²) in [7, 11) is 0. The molecule has 1 aromatic rings. The van der Waals surface area contributed by atoms with Gasteiger partial charge in [0.2, 0.25) is 0 Å². The number of hydrogen-bond donors (Lipinski definition) is 2. The average molecular weight is 249 g/mol. The van der Waals surface area contributed by atoms with Crippen LogP contribution in [-0.2, 0) is 4.79 Å². The Morgan fingerprint density at radius 2 is 2.17 bits per heavy atom. The number of carbonyl (C=O) groups is 1. The summed E-state index contributed by atoms with van der Waals surface area (Å²) in [5.74, 6) is 0.520. The molecule has 0 aromatic heterocycles. The standard InChI is InChI=1S/C14H19NO3/c1-9(16)11-4-3-5-13(8-11)18-10(2)14(17)15-12-6-7-12/h3-5,8-10,12,16H,6-7H2,1-2H3,(H,15,17)/t9-,10?/m1/s1. The molecule has 0 spiro atoms. The highest BCUT2D eigenvalue weighted by atomic mass is 16.5. The second-order valence-corrected chi connectivity index (χ2v) is 4.79. The van der Waals surface area contributed by atoms with Gasteiger partial charge in [-0.15, -0.1) is 0 Å². The molecule has 1 aliphatic rings. The molecule has 1 aliphatic carbocycles. The highest BCUT2D eigenvalue weighted by Crippen LogP contribution is 2.21. The van der Waals surface area contributed by atoms with Crippen molar-refractivity contribution in [3.63, 3.8) is 0 Å². The van der Waals surface area contributed by atoms with Crippen molar-refractivity contribution < 1.29 is 14.6 Å². The summed E-state index contributed by atoms with van der Waals surface area (Å²) in [5, 5.41) is 12.4. The first kappa shape index (κ1) is 12.9.